The molecule has 2 rings (SSSR count). The molecule has 0 spiro atoms. The Bertz CT molecular complexity index is 457. The van der Waals surface area contributed by atoms with Crippen LogP contribution in [0, 0.1) is 0 Å². The van der Waals surface area contributed by atoms with E-state index in [2.05, 4.69) is 16.8 Å². The van der Waals surface area contributed by atoms with Gasteiger partial charge in [-0.25, -0.2) is 0 Å². The van der Waals surface area contributed by atoms with Crippen LogP contribution in [0.3, 0.4) is 0 Å². The van der Waals surface area contributed by atoms with Gasteiger partial charge in [-0.2, -0.15) is 4.98 Å². The van der Waals surface area contributed by atoms with Crippen LogP contribution < -0.4 is 15.4 Å². The van der Waals surface area contributed by atoms with Crippen LogP contribution in [0.1, 0.15) is 34.1 Å². The quantitative estimate of drug-likeness (QED) is 0.921. The van der Waals surface area contributed by atoms with Crippen LogP contribution in [-0.2, 0) is 4.74 Å². The number of rotatable bonds is 3. The van der Waals surface area contributed by atoms with E-state index >= 15 is 0 Å². The summed E-state index contributed by atoms with van der Waals surface area (Å²) in [4.78, 5) is 6.80. The van der Waals surface area contributed by atoms with Crippen LogP contribution in [-0.4, -0.2) is 36.4 Å². The number of nitrogens with zero attached hydrogens (tertiary/aromatic N) is 2. The Morgan fingerprint density at radius 2 is 2.20 bits per heavy atom. The van der Waals surface area contributed by atoms with Gasteiger partial charge in [-0.1, -0.05) is 6.92 Å². The van der Waals surface area contributed by atoms with Gasteiger partial charge in [0, 0.05) is 13.1 Å². The average molecular weight is 279 g/mol. The van der Waals surface area contributed by atoms with Crippen molar-refractivity contribution in [2.24, 2.45) is 0 Å². The second kappa shape index (κ2) is 5.87. The number of nitrogen functional groups attached to an aromatic ring is 1. The summed E-state index contributed by atoms with van der Waals surface area (Å²) in [6.45, 7) is 10.6. The Morgan fingerprint density at radius 1 is 1.45 bits per heavy atom. The first kappa shape index (κ1) is 14.9. The maximum atomic E-state index is 5.95. The van der Waals surface area contributed by atoms with Gasteiger partial charge in [0.15, 0.2) is 0 Å². The van der Waals surface area contributed by atoms with Gasteiger partial charge < -0.3 is 20.1 Å². The lowest BCUT2D eigenvalue weighted by Gasteiger charge is -2.33. The van der Waals surface area contributed by atoms with Gasteiger partial charge >= 0.3 is 0 Å². The molecule has 2 heterocycles. The normalized spacial score (nSPS) is 20.0. The van der Waals surface area contributed by atoms with E-state index in [0.717, 1.165) is 31.9 Å². The van der Waals surface area contributed by atoms with Gasteiger partial charge in [-0.15, -0.1) is 0 Å². The zero-order chi connectivity index (χ0) is 14.8. The molecule has 20 heavy (non-hydrogen) atoms. The molecule has 0 saturated carbocycles. The third-order valence-electron chi connectivity index (χ3n) is 3.20. The Morgan fingerprint density at radius 3 is 2.85 bits per heavy atom. The molecule has 0 amide bonds. The molecule has 2 N–H and O–H groups in total. The van der Waals surface area contributed by atoms with Crippen LogP contribution in [0.4, 0.5) is 11.5 Å². The number of ether oxygens (including phenoxy) is 2. The summed E-state index contributed by atoms with van der Waals surface area (Å²) in [5.74, 6) is 1.41. The summed E-state index contributed by atoms with van der Waals surface area (Å²) in [5, 5.41) is 0. The maximum absolute atomic E-state index is 5.95. The second-order valence-electron chi connectivity index (χ2n) is 6.13. The van der Waals surface area contributed by atoms with Gasteiger partial charge in [0.1, 0.15) is 11.4 Å². The predicted octanol–water partition coefficient (Wildman–Crippen LogP) is 2.46. The van der Waals surface area contributed by atoms with Crippen molar-refractivity contribution in [1.29, 1.82) is 0 Å². The van der Waals surface area contributed by atoms with Crippen molar-refractivity contribution in [3.05, 3.63) is 12.1 Å². The van der Waals surface area contributed by atoms with Gasteiger partial charge in [0.2, 0.25) is 5.88 Å². The average Bonchev–Trinajstić information content (AvgIpc) is 2.40. The number of aromatic nitrogens is 1. The Kier molecular flexibility index (Phi) is 4.38. The van der Waals surface area contributed by atoms with Crippen molar-refractivity contribution in [3.8, 4) is 5.88 Å². The van der Waals surface area contributed by atoms with E-state index in [1.165, 1.54) is 0 Å². The van der Waals surface area contributed by atoms with E-state index in [1.54, 1.807) is 0 Å². The fourth-order valence-electron chi connectivity index (χ4n) is 2.16. The van der Waals surface area contributed by atoms with Gasteiger partial charge in [-0.05, 0) is 39.3 Å². The summed E-state index contributed by atoms with van der Waals surface area (Å²) >= 11 is 0. The molecule has 0 bridgehead atoms. The minimum absolute atomic E-state index is 0.273. The van der Waals surface area contributed by atoms with E-state index in [1.807, 2.05) is 32.9 Å². The SMILES string of the molecule is CCC1CN(c2ccc(N)c(OC(C)(C)C)n2)CCO1. The molecule has 5 nitrogen and oxygen atoms in total. The first-order valence-electron chi connectivity index (χ1n) is 7.21. The molecule has 0 aromatic carbocycles. The number of hydrogen-bond donors (Lipinski definition) is 1. The van der Waals surface area contributed by atoms with Crippen LogP contribution in [0.15, 0.2) is 12.1 Å². The Labute approximate surface area is 121 Å². The minimum atomic E-state index is -0.309. The monoisotopic (exact) mass is 279 g/mol. The Balaban J connectivity index is 2.18. The third kappa shape index (κ3) is 3.76. The number of hydrogen-bond acceptors (Lipinski definition) is 5. The largest absolute Gasteiger partial charge is 0.470 e. The summed E-state index contributed by atoms with van der Waals surface area (Å²) in [6, 6.07) is 3.81. The van der Waals surface area contributed by atoms with E-state index in [9.17, 15) is 0 Å². The van der Waals surface area contributed by atoms with Gasteiger partial charge in [0.05, 0.1) is 18.4 Å². The van der Waals surface area contributed by atoms with Crippen LogP contribution in [0.5, 0.6) is 5.88 Å². The highest BCUT2D eigenvalue weighted by Crippen LogP contribution is 2.27. The number of anilines is 2. The van der Waals surface area contributed by atoms with Crippen LogP contribution >= 0.6 is 0 Å². The first-order chi connectivity index (χ1) is 9.39. The van der Waals surface area contributed by atoms with E-state index in [0.29, 0.717) is 11.6 Å². The maximum Gasteiger partial charge on any atom is 0.239 e. The fraction of sp³-hybridized carbons (Fsp3) is 0.667. The standard InChI is InChI=1S/C15H25N3O2/c1-5-11-10-18(8-9-19-11)13-7-6-12(16)14(17-13)20-15(2,3)4/h6-7,11H,5,8-10,16H2,1-4H3. The summed E-state index contributed by atoms with van der Waals surface area (Å²) < 4.78 is 11.5. The summed E-state index contributed by atoms with van der Waals surface area (Å²) in [5.41, 5.74) is 6.21. The fourth-order valence-corrected chi connectivity index (χ4v) is 2.16. The van der Waals surface area contributed by atoms with Gasteiger partial charge in [-0.3, -0.25) is 0 Å². The van der Waals surface area contributed by atoms with Crippen molar-refractivity contribution in [2.45, 2.75) is 45.8 Å². The van der Waals surface area contributed by atoms with Crippen LogP contribution in [0.25, 0.3) is 0 Å². The van der Waals surface area contributed by atoms with Crippen molar-refractivity contribution in [1.82, 2.24) is 4.98 Å². The predicted molar refractivity (Wildman–Crippen MR) is 81.3 cm³/mol. The van der Waals surface area contributed by atoms with Crippen molar-refractivity contribution < 1.29 is 9.47 Å². The molecule has 5 heteroatoms. The highest BCUT2D eigenvalue weighted by atomic mass is 16.5. The molecule has 1 atom stereocenters. The van der Waals surface area contributed by atoms with Crippen molar-refractivity contribution in [3.63, 3.8) is 0 Å². The molecule has 1 aromatic heterocycles. The molecule has 0 radical (unpaired) electrons. The minimum Gasteiger partial charge on any atom is -0.470 e. The van der Waals surface area contributed by atoms with Gasteiger partial charge in [0.25, 0.3) is 0 Å². The third-order valence-corrected chi connectivity index (χ3v) is 3.20. The first-order valence-corrected chi connectivity index (χ1v) is 7.21. The highest BCUT2D eigenvalue weighted by molar-refractivity contribution is 5.55. The topological polar surface area (TPSA) is 60.6 Å². The second-order valence-corrected chi connectivity index (χ2v) is 6.13. The number of morpholine rings is 1. The number of pyridine rings is 1. The molecule has 1 fully saturated rings. The van der Waals surface area contributed by atoms with E-state index < -0.39 is 0 Å². The Hall–Kier alpha value is -1.49. The molecule has 112 valence electrons. The molecular formula is C15H25N3O2. The lowest BCUT2D eigenvalue weighted by molar-refractivity contribution is 0.0380. The molecule has 1 aliphatic heterocycles. The summed E-state index contributed by atoms with van der Waals surface area (Å²) in [6.07, 6.45) is 1.28. The molecular weight excluding hydrogens is 254 g/mol. The lowest BCUT2D eigenvalue weighted by Crippen LogP contribution is -2.42. The molecule has 0 aliphatic carbocycles. The van der Waals surface area contributed by atoms with Crippen LogP contribution in [0.2, 0.25) is 0 Å². The zero-order valence-electron chi connectivity index (χ0n) is 12.8. The zero-order valence-corrected chi connectivity index (χ0v) is 12.8. The molecule has 1 saturated heterocycles. The molecule has 1 aromatic rings. The number of nitrogens with two attached hydrogens (primary N) is 1. The smallest absolute Gasteiger partial charge is 0.239 e. The summed E-state index contributed by atoms with van der Waals surface area (Å²) in [7, 11) is 0. The van der Waals surface area contributed by atoms with Crippen molar-refractivity contribution in [2.75, 3.05) is 30.3 Å². The lowest BCUT2D eigenvalue weighted by atomic mass is 10.2. The molecule has 1 aliphatic rings. The van der Waals surface area contributed by atoms with Crippen molar-refractivity contribution >= 4 is 11.5 Å². The van der Waals surface area contributed by atoms with E-state index in [-0.39, 0.29) is 11.7 Å². The van der Waals surface area contributed by atoms with E-state index in [4.69, 9.17) is 15.2 Å². The highest BCUT2D eigenvalue weighted by Gasteiger charge is 2.22. The molecule has 1 unspecified atom stereocenters.